The molecular weight excluding hydrogens is 332 g/mol. The number of fused-ring (bicyclic) bond motifs is 1. The van der Waals surface area contributed by atoms with Crippen LogP contribution in [0.5, 0.6) is 0 Å². The van der Waals surface area contributed by atoms with Crippen LogP contribution < -0.4 is 0 Å². The summed E-state index contributed by atoms with van der Waals surface area (Å²) in [5.41, 5.74) is 1.17. The van der Waals surface area contributed by atoms with E-state index >= 15 is 0 Å². The van der Waals surface area contributed by atoms with Gasteiger partial charge >= 0.3 is 5.97 Å². The van der Waals surface area contributed by atoms with Gasteiger partial charge in [0, 0.05) is 37.2 Å². The van der Waals surface area contributed by atoms with Gasteiger partial charge in [-0.3, -0.25) is 9.59 Å². The Morgan fingerprint density at radius 3 is 2.62 bits per heavy atom. The number of rotatable bonds is 4. The van der Waals surface area contributed by atoms with Crippen LogP contribution in [0.15, 0.2) is 24.3 Å². The van der Waals surface area contributed by atoms with E-state index in [-0.39, 0.29) is 18.5 Å². The quantitative estimate of drug-likeness (QED) is 0.919. The molecule has 0 saturated carbocycles. The number of benzene rings is 1. The van der Waals surface area contributed by atoms with E-state index in [0.717, 1.165) is 10.9 Å². The van der Waals surface area contributed by atoms with E-state index in [0.29, 0.717) is 36.8 Å². The Morgan fingerprint density at radius 1 is 1.33 bits per heavy atom. The molecule has 2 heterocycles. The molecule has 3 rings (SSSR count). The van der Waals surface area contributed by atoms with E-state index in [9.17, 15) is 14.7 Å². The number of carbonyl (C=O) groups is 2. The van der Waals surface area contributed by atoms with Gasteiger partial charge in [-0.05, 0) is 18.9 Å². The van der Waals surface area contributed by atoms with Gasteiger partial charge in [0.05, 0.1) is 5.02 Å². The van der Waals surface area contributed by atoms with Crippen molar-refractivity contribution in [1.82, 2.24) is 9.47 Å². The molecule has 1 aliphatic rings. The minimum absolute atomic E-state index is 0.156. The van der Waals surface area contributed by atoms with Crippen LogP contribution in [0.3, 0.4) is 0 Å². The first-order valence-electron chi connectivity index (χ1n) is 7.84. The van der Waals surface area contributed by atoms with Crippen molar-refractivity contribution < 1.29 is 19.4 Å². The van der Waals surface area contributed by atoms with E-state index in [1.807, 2.05) is 24.3 Å². The lowest BCUT2D eigenvalue weighted by atomic mass is 10.1. The van der Waals surface area contributed by atoms with Gasteiger partial charge in [-0.2, -0.15) is 0 Å². The molecule has 0 aliphatic carbocycles. The maximum absolute atomic E-state index is 13.1. The number of ether oxygens (including phenoxy) is 1. The third-order valence-electron chi connectivity index (χ3n) is 4.45. The van der Waals surface area contributed by atoms with Gasteiger partial charge in [0.2, 0.25) is 0 Å². The van der Waals surface area contributed by atoms with Crippen molar-refractivity contribution in [3.05, 3.63) is 35.0 Å². The minimum atomic E-state index is -1.04. The average Bonchev–Trinajstić information content (AvgIpc) is 2.84. The van der Waals surface area contributed by atoms with Gasteiger partial charge in [0.25, 0.3) is 5.91 Å². The molecule has 0 atom stereocenters. The molecule has 1 N–H and O–H groups in total. The number of carboxylic acids is 1. The molecule has 0 unspecified atom stereocenters. The van der Waals surface area contributed by atoms with Gasteiger partial charge in [-0.1, -0.05) is 29.8 Å². The molecular formula is C17H19ClN2O4. The third-order valence-corrected chi connectivity index (χ3v) is 4.83. The lowest BCUT2D eigenvalue weighted by molar-refractivity contribution is -0.138. The van der Waals surface area contributed by atoms with Gasteiger partial charge in [-0.25, -0.2) is 0 Å². The normalized spacial score (nSPS) is 15.6. The molecule has 0 radical (unpaired) electrons. The van der Waals surface area contributed by atoms with Crippen LogP contribution in [0.2, 0.25) is 5.02 Å². The molecule has 1 fully saturated rings. The van der Waals surface area contributed by atoms with Crippen LogP contribution in [0, 0.1) is 0 Å². The van der Waals surface area contributed by atoms with E-state index in [1.165, 1.54) is 4.90 Å². The van der Waals surface area contributed by atoms with Crippen molar-refractivity contribution in [3.8, 4) is 0 Å². The number of carboxylic acid groups (broad SMARTS) is 1. The number of hydrogen-bond acceptors (Lipinski definition) is 3. The Balaban J connectivity index is 2.02. The maximum atomic E-state index is 13.1. The van der Waals surface area contributed by atoms with E-state index in [2.05, 4.69) is 0 Å². The fourth-order valence-corrected chi connectivity index (χ4v) is 3.60. The Bertz CT molecular complexity index is 741. The highest BCUT2D eigenvalue weighted by atomic mass is 35.5. The number of aryl methyl sites for hydroxylation is 1. The summed E-state index contributed by atoms with van der Waals surface area (Å²) in [6.45, 7) is 0.704. The number of aliphatic carboxylic acids is 1. The first-order chi connectivity index (χ1) is 11.5. The van der Waals surface area contributed by atoms with Crippen molar-refractivity contribution in [2.24, 2.45) is 7.05 Å². The van der Waals surface area contributed by atoms with E-state index < -0.39 is 5.97 Å². The van der Waals surface area contributed by atoms with E-state index in [1.54, 1.807) is 11.6 Å². The second-order valence-corrected chi connectivity index (χ2v) is 6.29. The number of amides is 1. The summed E-state index contributed by atoms with van der Waals surface area (Å²) in [4.78, 5) is 25.8. The van der Waals surface area contributed by atoms with Crippen LogP contribution in [-0.2, 0) is 16.6 Å². The SMILES string of the molecule is Cn1c(C(=O)N(CC(=O)O)C2CCOCC2)c(Cl)c2ccccc21. The number of aromatic nitrogens is 1. The number of carbonyl (C=O) groups excluding carboxylic acids is 1. The average molecular weight is 351 g/mol. The summed E-state index contributed by atoms with van der Waals surface area (Å²) < 4.78 is 7.05. The Morgan fingerprint density at radius 2 is 2.00 bits per heavy atom. The van der Waals surface area contributed by atoms with Crippen LogP contribution in [0.1, 0.15) is 23.3 Å². The van der Waals surface area contributed by atoms with Crippen molar-refractivity contribution in [2.45, 2.75) is 18.9 Å². The summed E-state index contributed by atoms with van der Waals surface area (Å²) in [7, 11) is 1.77. The highest BCUT2D eigenvalue weighted by Gasteiger charge is 2.31. The summed E-state index contributed by atoms with van der Waals surface area (Å²) >= 11 is 6.44. The molecule has 7 heteroatoms. The lowest BCUT2D eigenvalue weighted by Crippen LogP contribution is -2.46. The lowest BCUT2D eigenvalue weighted by Gasteiger charge is -2.33. The molecule has 1 saturated heterocycles. The number of para-hydroxylation sites is 1. The standard InChI is InChI=1S/C17H19ClN2O4/c1-19-13-5-3-2-4-12(13)15(18)16(19)17(23)20(10-14(21)22)11-6-8-24-9-7-11/h2-5,11H,6-10H2,1H3,(H,21,22). The largest absolute Gasteiger partial charge is 0.480 e. The second-order valence-electron chi connectivity index (χ2n) is 5.91. The smallest absolute Gasteiger partial charge is 0.323 e. The zero-order chi connectivity index (χ0) is 17.3. The van der Waals surface area contributed by atoms with Gasteiger partial charge < -0.3 is 19.3 Å². The molecule has 1 aromatic carbocycles. The molecule has 6 nitrogen and oxygen atoms in total. The van der Waals surface area contributed by atoms with Crippen LogP contribution in [0.4, 0.5) is 0 Å². The van der Waals surface area contributed by atoms with Crippen LogP contribution in [0.25, 0.3) is 10.9 Å². The fourth-order valence-electron chi connectivity index (χ4n) is 3.23. The van der Waals surface area contributed by atoms with Gasteiger partial charge in [-0.15, -0.1) is 0 Å². The second kappa shape index (κ2) is 6.83. The Hall–Kier alpha value is -2.05. The van der Waals surface area contributed by atoms with Crippen molar-refractivity contribution in [2.75, 3.05) is 19.8 Å². The summed E-state index contributed by atoms with van der Waals surface area (Å²) in [6.07, 6.45) is 1.25. The van der Waals surface area contributed by atoms with Crippen molar-refractivity contribution in [3.63, 3.8) is 0 Å². The molecule has 1 amide bonds. The highest BCUT2D eigenvalue weighted by Crippen LogP contribution is 2.31. The van der Waals surface area contributed by atoms with Gasteiger partial charge in [0.1, 0.15) is 12.2 Å². The topological polar surface area (TPSA) is 71.8 Å². The minimum Gasteiger partial charge on any atom is -0.480 e. The van der Waals surface area contributed by atoms with Crippen molar-refractivity contribution >= 4 is 34.4 Å². The first kappa shape index (κ1) is 16.8. The van der Waals surface area contributed by atoms with Crippen LogP contribution in [-0.4, -0.2) is 52.3 Å². The highest BCUT2D eigenvalue weighted by molar-refractivity contribution is 6.38. The monoisotopic (exact) mass is 350 g/mol. The number of hydrogen-bond donors (Lipinski definition) is 1. The van der Waals surface area contributed by atoms with Crippen LogP contribution >= 0.6 is 11.6 Å². The summed E-state index contributed by atoms with van der Waals surface area (Å²) in [5, 5.41) is 10.4. The zero-order valence-electron chi connectivity index (χ0n) is 13.4. The Labute approximate surface area is 144 Å². The predicted octanol–water partition coefficient (Wildman–Crippen LogP) is 2.54. The van der Waals surface area contributed by atoms with Gasteiger partial charge in [0.15, 0.2) is 0 Å². The zero-order valence-corrected chi connectivity index (χ0v) is 14.1. The van der Waals surface area contributed by atoms with Crippen molar-refractivity contribution in [1.29, 1.82) is 0 Å². The third kappa shape index (κ3) is 2.99. The maximum Gasteiger partial charge on any atom is 0.323 e. The molecule has 1 aliphatic heterocycles. The molecule has 0 spiro atoms. The Kier molecular flexibility index (Phi) is 4.78. The molecule has 128 valence electrons. The number of halogens is 1. The number of nitrogens with zero attached hydrogens (tertiary/aromatic N) is 2. The summed E-state index contributed by atoms with van der Waals surface area (Å²) in [5.74, 6) is -1.39. The molecule has 24 heavy (non-hydrogen) atoms. The van der Waals surface area contributed by atoms with E-state index in [4.69, 9.17) is 16.3 Å². The first-order valence-corrected chi connectivity index (χ1v) is 8.22. The molecule has 1 aromatic heterocycles. The summed E-state index contributed by atoms with van der Waals surface area (Å²) in [6, 6.07) is 7.31. The fraction of sp³-hybridized carbons (Fsp3) is 0.412. The predicted molar refractivity (Wildman–Crippen MR) is 90.4 cm³/mol. The molecule has 2 aromatic rings. The molecule has 0 bridgehead atoms.